The Bertz CT molecular complexity index is 1310. The topological polar surface area (TPSA) is 141 Å². The van der Waals surface area contributed by atoms with Crippen LogP contribution in [-0.2, 0) is 53.4 Å². The van der Waals surface area contributed by atoms with Crippen molar-refractivity contribution < 1.29 is 52.4 Å². The van der Waals surface area contributed by atoms with E-state index < -0.39 is 66.5 Å². The summed E-state index contributed by atoms with van der Waals surface area (Å²) in [6.07, 6.45) is -5.70. The van der Waals surface area contributed by atoms with Gasteiger partial charge in [0.2, 0.25) is 17.7 Å². The first-order chi connectivity index (χ1) is 18.8. The van der Waals surface area contributed by atoms with Crippen LogP contribution in [0, 0.1) is 0 Å². The number of hydrogen-bond acceptors (Lipinski definition) is 12. The van der Waals surface area contributed by atoms with E-state index in [1.54, 1.807) is 12.1 Å². The summed E-state index contributed by atoms with van der Waals surface area (Å²) >= 11 is 10.9. The predicted molar refractivity (Wildman–Crippen MR) is 144 cm³/mol. The molecule has 5 atom stereocenters. The van der Waals surface area contributed by atoms with E-state index in [-0.39, 0.29) is 16.1 Å². The van der Waals surface area contributed by atoms with Crippen molar-refractivity contribution in [3.63, 3.8) is 0 Å². The van der Waals surface area contributed by atoms with E-state index in [1.807, 2.05) is 0 Å². The first-order valence-corrected chi connectivity index (χ1v) is 13.8. The number of thiophene rings is 1. The van der Waals surface area contributed by atoms with E-state index in [9.17, 15) is 24.0 Å². The lowest BCUT2D eigenvalue weighted by Gasteiger charge is -2.50. The van der Waals surface area contributed by atoms with E-state index in [2.05, 4.69) is 15.9 Å². The summed E-state index contributed by atoms with van der Waals surface area (Å²) in [5, 5.41) is 0.121. The molecule has 3 rings (SSSR count). The number of hydrogen-bond donors (Lipinski definition) is 0. The Balaban J connectivity index is 2.24. The number of halogens is 2. The highest BCUT2D eigenvalue weighted by Crippen LogP contribution is 2.44. The van der Waals surface area contributed by atoms with E-state index in [0.717, 1.165) is 24.6 Å². The average Bonchev–Trinajstić information content (AvgIpc) is 3.31. The molecule has 1 aliphatic heterocycles. The lowest BCUT2D eigenvalue weighted by atomic mass is 9.86. The predicted octanol–water partition coefficient (Wildman–Crippen LogP) is 3.95. The van der Waals surface area contributed by atoms with Crippen LogP contribution in [0.15, 0.2) is 34.1 Å². The number of methoxy groups -OCH3 is 1. The lowest BCUT2D eigenvalue weighted by Crippen LogP contribution is -2.67. The minimum absolute atomic E-state index is 0.0813. The van der Waals surface area contributed by atoms with Gasteiger partial charge in [-0.2, -0.15) is 0 Å². The van der Waals surface area contributed by atoms with Crippen molar-refractivity contribution in [3.8, 4) is 0 Å². The molecule has 0 saturated carbocycles. The van der Waals surface area contributed by atoms with Gasteiger partial charge in [-0.25, -0.2) is 0 Å². The Morgan fingerprint density at radius 2 is 1.55 bits per heavy atom. The van der Waals surface area contributed by atoms with Crippen LogP contribution in [0.5, 0.6) is 0 Å². The SMILES string of the molecule is COC1(c2ccc(Cl)c(C(=O)c3ccc(Br)s3)c2)O[C@H](COC(C)=O)[C@@H](OC(C)=O)[C@H](OC(C)=O)[C@@H]1OC(C)=O. The van der Waals surface area contributed by atoms with Crippen LogP contribution in [0.4, 0.5) is 0 Å². The van der Waals surface area contributed by atoms with E-state index in [0.29, 0.717) is 4.88 Å². The molecule has 2 aromatic rings. The third kappa shape index (κ3) is 7.07. The third-order valence-electron chi connectivity index (χ3n) is 5.75. The van der Waals surface area contributed by atoms with Gasteiger partial charge in [0.1, 0.15) is 12.7 Å². The highest BCUT2D eigenvalue weighted by Gasteiger charge is 2.61. The van der Waals surface area contributed by atoms with Crippen molar-refractivity contribution in [2.45, 2.75) is 57.9 Å². The van der Waals surface area contributed by atoms with Crippen molar-refractivity contribution in [2.24, 2.45) is 0 Å². The number of benzene rings is 1. The number of carbonyl (C=O) groups excluding carboxylic acids is 5. The molecule has 1 saturated heterocycles. The van der Waals surface area contributed by atoms with Gasteiger partial charge >= 0.3 is 23.9 Å². The second-order valence-electron chi connectivity index (χ2n) is 8.64. The highest BCUT2D eigenvalue weighted by molar-refractivity contribution is 9.11. The molecule has 2 heterocycles. The van der Waals surface area contributed by atoms with E-state index in [1.165, 1.54) is 43.6 Å². The van der Waals surface area contributed by atoms with Crippen LogP contribution in [0.2, 0.25) is 5.02 Å². The molecule has 1 aliphatic rings. The normalized spacial score (nSPS) is 24.1. The summed E-state index contributed by atoms with van der Waals surface area (Å²) < 4.78 is 34.5. The minimum Gasteiger partial charge on any atom is -0.463 e. The molecule has 1 unspecified atom stereocenters. The second-order valence-corrected chi connectivity index (χ2v) is 11.5. The number of ether oxygens (including phenoxy) is 6. The van der Waals surface area contributed by atoms with E-state index in [4.69, 9.17) is 40.0 Å². The molecule has 1 fully saturated rings. The molecule has 0 radical (unpaired) electrons. The molecule has 1 aromatic heterocycles. The zero-order valence-corrected chi connectivity index (χ0v) is 25.2. The molecule has 0 spiro atoms. The number of carbonyl (C=O) groups is 5. The molecule has 0 aliphatic carbocycles. The van der Waals surface area contributed by atoms with Crippen LogP contribution >= 0.6 is 38.9 Å². The smallest absolute Gasteiger partial charge is 0.303 e. The fourth-order valence-electron chi connectivity index (χ4n) is 4.27. The van der Waals surface area contributed by atoms with Crippen LogP contribution < -0.4 is 0 Å². The van der Waals surface area contributed by atoms with Crippen LogP contribution in [0.3, 0.4) is 0 Å². The van der Waals surface area contributed by atoms with Gasteiger partial charge in [-0.3, -0.25) is 24.0 Å². The van der Waals surface area contributed by atoms with Gasteiger partial charge in [-0.15, -0.1) is 11.3 Å². The Morgan fingerprint density at radius 1 is 0.925 bits per heavy atom. The van der Waals surface area contributed by atoms with Crippen molar-refractivity contribution in [2.75, 3.05) is 13.7 Å². The first-order valence-electron chi connectivity index (χ1n) is 11.8. The minimum atomic E-state index is -2.05. The summed E-state index contributed by atoms with van der Waals surface area (Å²) in [4.78, 5) is 61.9. The zero-order chi connectivity index (χ0) is 29.8. The third-order valence-corrected chi connectivity index (χ3v) is 7.70. The molecular weight excluding hydrogens is 636 g/mol. The first kappa shape index (κ1) is 31.7. The highest BCUT2D eigenvalue weighted by atomic mass is 79.9. The van der Waals surface area contributed by atoms with Crippen LogP contribution in [-0.4, -0.2) is 67.8 Å². The number of ketones is 1. The summed E-state index contributed by atoms with van der Waals surface area (Å²) in [6, 6.07) is 7.65. The maximum absolute atomic E-state index is 13.3. The second kappa shape index (κ2) is 13.2. The standard InChI is InChI=1S/C26H26BrClO11S/c1-12(29)35-11-19-23(36-13(2)30)24(37-14(3)31)25(38-15(4)32)26(34-5,39-19)16-6-7-18(28)17(10-16)22(33)20-8-9-21(27)40-20/h6-10,19,23-25H,11H2,1-5H3/t19-,23-,24+,25+,26?/m1/s1. The molecule has 216 valence electrons. The molecule has 1 aromatic carbocycles. The maximum Gasteiger partial charge on any atom is 0.303 e. The average molecular weight is 662 g/mol. The lowest BCUT2D eigenvalue weighted by molar-refractivity contribution is -0.367. The van der Waals surface area contributed by atoms with Gasteiger partial charge in [0.15, 0.2) is 12.2 Å². The molecule has 0 amide bonds. The summed E-state index contributed by atoms with van der Waals surface area (Å²) in [5.74, 6) is -5.50. The van der Waals surface area contributed by atoms with E-state index >= 15 is 0 Å². The summed E-state index contributed by atoms with van der Waals surface area (Å²) in [6.45, 7) is 4.05. The van der Waals surface area contributed by atoms with Gasteiger partial charge in [-0.05, 0) is 40.2 Å². The fraction of sp³-hybridized carbons (Fsp3) is 0.423. The monoisotopic (exact) mass is 660 g/mol. The van der Waals surface area contributed by atoms with Gasteiger partial charge in [0.05, 0.1) is 13.7 Å². The van der Waals surface area contributed by atoms with Crippen molar-refractivity contribution >= 4 is 68.5 Å². The van der Waals surface area contributed by atoms with Gasteiger partial charge in [-0.1, -0.05) is 17.7 Å². The number of rotatable bonds is 9. The maximum atomic E-state index is 13.3. The molecule has 14 heteroatoms. The molecule has 40 heavy (non-hydrogen) atoms. The zero-order valence-electron chi connectivity index (χ0n) is 22.1. The molecule has 11 nitrogen and oxygen atoms in total. The molecular formula is C26H26BrClO11S. The number of esters is 4. The Morgan fingerprint density at radius 3 is 2.08 bits per heavy atom. The Kier molecular flexibility index (Phi) is 10.5. The van der Waals surface area contributed by atoms with Gasteiger partial charge in [0.25, 0.3) is 0 Å². The van der Waals surface area contributed by atoms with Crippen LogP contribution in [0.25, 0.3) is 0 Å². The molecule has 0 N–H and O–H groups in total. The van der Waals surface area contributed by atoms with Crippen LogP contribution in [0.1, 0.15) is 48.5 Å². The largest absolute Gasteiger partial charge is 0.463 e. The van der Waals surface area contributed by atoms with Crippen molar-refractivity contribution in [1.82, 2.24) is 0 Å². The summed E-state index contributed by atoms with van der Waals surface area (Å²) in [5.41, 5.74) is 0.230. The quantitative estimate of drug-likeness (QED) is 0.219. The summed E-state index contributed by atoms with van der Waals surface area (Å²) in [7, 11) is 1.24. The molecule has 0 bridgehead atoms. The van der Waals surface area contributed by atoms with Gasteiger partial charge in [0, 0.05) is 45.9 Å². The van der Waals surface area contributed by atoms with Crippen molar-refractivity contribution in [1.29, 1.82) is 0 Å². The Hall–Kier alpha value is -2.84. The van der Waals surface area contributed by atoms with Gasteiger partial charge < -0.3 is 28.4 Å². The van der Waals surface area contributed by atoms with Crippen molar-refractivity contribution in [3.05, 3.63) is 55.1 Å². The Labute approximate surface area is 247 Å². The fourth-order valence-corrected chi connectivity index (χ4v) is 5.81.